The number of hydrogen-bond acceptors (Lipinski definition) is 4. The molecule has 1 heterocycles. The minimum absolute atomic E-state index is 0.00148. The van der Waals surface area contributed by atoms with E-state index in [-0.39, 0.29) is 12.7 Å². The maximum atomic E-state index is 9.38. The SMILES string of the molecule is CCNCC1(CN2CC(CO)OCC2C)CCCC(C)C1. The van der Waals surface area contributed by atoms with Crippen molar-refractivity contribution >= 4 is 0 Å². The topological polar surface area (TPSA) is 44.7 Å². The van der Waals surface area contributed by atoms with Crippen LogP contribution in [0.25, 0.3) is 0 Å². The molecule has 1 aliphatic heterocycles. The summed E-state index contributed by atoms with van der Waals surface area (Å²) in [6.07, 6.45) is 5.39. The molecule has 0 aromatic rings. The lowest BCUT2D eigenvalue weighted by Gasteiger charge is -2.47. The van der Waals surface area contributed by atoms with Crippen LogP contribution >= 0.6 is 0 Å². The van der Waals surface area contributed by atoms with Crippen LogP contribution in [0.1, 0.15) is 46.5 Å². The van der Waals surface area contributed by atoms with Crippen LogP contribution in [-0.2, 0) is 4.74 Å². The summed E-state index contributed by atoms with van der Waals surface area (Å²) in [5.74, 6) is 0.836. The standard InChI is InChI=1S/C17H34N2O2/c1-4-18-12-17(7-5-6-14(2)8-17)13-19-9-16(10-20)21-11-15(19)3/h14-16,18,20H,4-13H2,1-3H3. The largest absolute Gasteiger partial charge is 0.394 e. The van der Waals surface area contributed by atoms with Crippen molar-refractivity contribution in [1.29, 1.82) is 0 Å². The summed E-state index contributed by atoms with van der Waals surface area (Å²) < 4.78 is 5.69. The Balaban J connectivity index is 2.02. The molecule has 0 amide bonds. The smallest absolute Gasteiger partial charge is 0.0933 e. The minimum atomic E-state index is -0.00148. The molecule has 4 nitrogen and oxygen atoms in total. The van der Waals surface area contributed by atoms with Gasteiger partial charge in [0.1, 0.15) is 0 Å². The van der Waals surface area contributed by atoms with Crippen molar-refractivity contribution in [2.75, 3.05) is 39.4 Å². The van der Waals surface area contributed by atoms with Gasteiger partial charge < -0.3 is 15.2 Å². The van der Waals surface area contributed by atoms with Gasteiger partial charge in [0, 0.05) is 25.7 Å². The van der Waals surface area contributed by atoms with Crippen LogP contribution in [0.3, 0.4) is 0 Å². The molecular formula is C17H34N2O2. The Hall–Kier alpha value is -0.160. The van der Waals surface area contributed by atoms with Gasteiger partial charge in [-0.25, -0.2) is 0 Å². The first kappa shape index (κ1) is 17.2. The van der Waals surface area contributed by atoms with Gasteiger partial charge in [0.25, 0.3) is 0 Å². The van der Waals surface area contributed by atoms with Crippen LogP contribution in [0.4, 0.5) is 0 Å². The van der Waals surface area contributed by atoms with E-state index in [2.05, 4.69) is 31.0 Å². The normalized spacial score (nSPS) is 38.6. The van der Waals surface area contributed by atoms with Crippen molar-refractivity contribution in [1.82, 2.24) is 10.2 Å². The predicted octanol–water partition coefficient (Wildman–Crippen LogP) is 1.87. The number of aliphatic hydroxyl groups excluding tert-OH is 1. The second kappa shape index (κ2) is 7.91. The second-order valence-electron chi connectivity index (χ2n) is 7.40. The van der Waals surface area contributed by atoms with Crippen molar-refractivity contribution < 1.29 is 9.84 Å². The molecule has 1 saturated heterocycles. The van der Waals surface area contributed by atoms with Gasteiger partial charge in [-0.2, -0.15) is 0 Å². The number of hydrogen-bond donors (Lipinski definition) is 2. The number of morpholine rings is 1. The molecule has 1 aliphatic carbocycles. The molecule has 2 N–H and O–H groups in total. The van der Waals surface area contributed by atoms with Gasteiger partial charge in [0.05, 0.1) is 19.3 Å². The van der Waals surface area contributed by atoms with E-state index in [4.69, 9.17) is 4.74 Å². The van der Waals surface area contributed by atoms with Crippen molar-refractivity contribution in [3.05, 3.63) is 0 Å². The Bertz CT molecular complexity index is 313. The van der Waals surface area contributed by atoms with E-state index in [0.717, 1.165) is 38.7 Å². The van der Waals surface area contributed by atoms with Gasteiger partial charge >= 0.3 is 0 Å². The summed E-state index contributed by atoms with van der Waals surface area (Å²) >= 11 is 0. The summed E-state index contributed by atoms with van der Waals surface area (Å²) in [6, 6.07) is 0.462. The highest BCUT2D eigenvalue weighted by molar-refractivity contribution is 4.92. The molecule has 124 valence electrons. The summed E-state index contributed by atoms with van der Waals surface area (Å²) in [6.45, 7) is 11.9. The Kier molecular flexibility index (Phi) is 6.48. The average Bonchev–Trinajstić information content (AvgIpc) is 2.47. The molecule has 0 aromatic heterocycles. The highest BCUT2D eigenvalue weighted by Gasteiger charge is 2.38. The van der Waals surface area contributed by atoms with Crippen LogP contribution in [-0.4, -0.2) is 61.5 Å². The minimum Gasteiger partial charge on any atom is -0.394 e. The Morgan fingerprint density at radius 3 is 2.86 bits per heavy atom. The molecule has 4 unspecified atom stereocenters. The second-order valence-corrected chi connectivity index (χ2v) is 7.40. The zero-order valence-electron chi connectivity index (χ0n) is 14.1. The fourth-order valence-electron chi connectivity index (χ4n) is 4.16. The Morgan fingerprint density at radius 2 is 2.19 bits per heavy atom. The van der Waals surface area contributed by atoms with E-state index in [0.29, 0.717) is 11.5 Å². The molecule has 4 atom stereocenters. The van der Waals surface area contributed by atoms with Gasteiger partial charge in [-0.15, -0.1) is 0 Å². The van der Waals surface area contributed by atoms with Crippen LogP contribution in [0.2, 0.25) is 0 Å². The van der Waals surface area contributed by atoms with Crippen LogP contribution in [0, 0.1) is 11.3 Å². The molecule has 1 saturated carbocycles. The van der Waals surface area contributed by atoms with Crippen LogP contribution in [0.15, 0.2) is 0 Å². The average molecular weight is 298 g/mol. The molecule has 2 rings (SSSR count). The molecule has 0 radical (unpaired) electrons. The molecular weight excluding hydrogens is 264 g/mol. The Labute approximate surface area is 130 Å². The van der Waals surface area contributed by atoms with Crippen LogP contribution in [0.5, 0.6) is 0 Å². The summed E-state index contributed by atoms with van der Waals surface area (Å²) in [5.41, 5.74) is 0.402. The molecule has 2 fully saturated rings. The molecule has 4 heteroatoms. The lowest BCUT2D eigenvalue weighted by atomic mass is 9.69. The summed E-state index contributed by atoms with van der Waals surface area (Å²) in [5, 5.41) is 13.0. The van der Waals surface area contributed by atoms with Crippen molar-refractivity contribution in [3.63, 3.8) is 0 Å². The third kappa shape index (κ3) is 4.65. The monoisotopic (exact) mass is 298 g/mol. The first-order valence-corrected chi connectivity index (χ1v) is 8.76. The van der Waals surface area contributed by atoms with E-state index in [1.54, 1.807) is 0 Å². The van der Waals surface area contributed by atoms with E-state index in [9.17, 15) is 5.11 Å². The van der Waals surface area contributed by atoms with Gasteiger partial charge in [0.15, 0.2) is 0 Å². The van der Waals surface area contributed by atoms with Gasteiger partial charge in [-0.1, -0.05) is 26.7 Å². The van der Waals surface area contributed by atoms with E-state index < -0.39 is 0 Å². The molecule has 21 heavy (non-hydrogen) atoms. The highest BCUT2D eigenvalue weighted by Crippen LogP contribution is 2.40. The maximum absolute atomic E-state index is 9.38. The van der Waals surface area contributed by atoms with Crippen molar-refractivity contribution in [3.8, 4) is 0 Å². The fourth-order valence-corrected chi connectivity index (χ4v) is 4.16. The molecule has 2 aliphatic rings. The third-order valence-electron chi connectivity index (χ3n) is 5.31. The van der Waals surface area contributed by atoms with Crippen molar-refractivity contribution in [2.45, 2.75) is 58.6 Å². The molecule has 0 spiro atoms. The first-order valence-electron chi connectivity index (χ1n) is 8.76. The fraction of sp³-hybridized carbons (Fsp3) is 1.00. The van der Waals surface area contributed by atoms with Crippen molar-refractivity contribution in [2.24, 2.45) is 11.3 Å². The van der Waals surface area contributed by atoms with E-state index in [1.807, 2.05) is 0 Å². The lowest BCUT2D eigenvalue weighted by molar-refractivity contribution is -0.0920. The Morgan fingerprint density at radius 1 is 1.38 bits per heavy atom. The number of nitrogens with zero attached hydrogens (tertiary/aromatic N) is 1. The number of nitrogens with one attached hydrogen (secondary N) is 1. The summed E-state index contributed by atoms with van der Waals surface area (Å²) in [7, 11) is 0. The zero-order valence-corrected chi connectivity index (χ0v) is 14.1. The lowest BCUT2D eigenvalue weighted by Crippen LogP contribution is -2.55. The number of aliphatic hydroxyl groups is 1. The summed E-state index contributed by atoms with van der Waals surface area (Å²) in [4.78, 5) is 2.56. The zero-order chi connectivity index (χ0) is 15.3. The first-order chi connectivity index (χ1) is 10.1. The van der Waals surface area contributed by atoms with E-state index >= 15 is 0 Å². The predicted molar refractivity (Wildman–Crippen MR) is 86.5 cm³/mol. The highest BCUT2D eigenvalue weighted by atomic mass is 16.5. The number of rotatable bonds is 6. The van der Waals surface area contributed by atoms with E-state index in [1.165, 1.54) is 25.7 Å². The van der Waals surface area contributed by atoms with Gasteiger partial charge in [-0.05, 0) is 37.6 Å². The van der Waals surface area contributed by atoms with Crippen LogP contribution < -0.4 is 5.32 Å². The maximum Gasteiger partial charge on any atom is 0.0933 e. The molecule has 0 bridgehead atoms. The van der Waals surface area contributed by atoms with Gasteiger partial charge in [-0.3, -0.25) is 4.90 Å². The quantitative estimate of drug-likeness (QED) is 0.786. The van der Waals surface area contributed by atoms with Gasteiger partial charge in [0.2, 0.25) is 0 Å². The third-order valence-corrected chi connectivity index (χ3v) is 5.31. The molecule has 0 aromatic carbocycles. The number of ether oxygens (including phenoxy) is 1.